The summed E-state index contributed by atoms with van der Waals surface area (Å²) in [4.78, 5) is 38.4. The molecular weight excluding hydrogens is 444 g/mol. The maximum atomic E-state index is 13.1. The number of nitro groups is 1. The van der Waals surface area contributed by atoms with Gasteiger partial charge in [0, 0.05) is 59.4 Å². The van der Waals surface area contributed by atoms with E-state index >= 15 is 0 Å². The molecular formula is C23H18N4O5S. The van der Waals surface area contributed by atoms with E-state index in [9.17, 15) is 23.9 Å². The summed E-state index contributed by atoms with van der Waals surface area (Å²) in [5.74, 6) is 4.68. The number of benzene rings is 2. The molecule has 3 aromatic rings. The highest BCUT2D eigenvalue weighted by Gasteiger charge is 2.13. The van der Waals surface area contributed by atoms with Crippen LogP contribution in [0.1, 0.15) is 28.4 Å². The minimum atomic E-state index is -3.09. The van der Waals surface area contributed by atoms with Gasteiger partial charge in [-0.05, 0) is 36.4 Å². The van der Waals surface area contributed by atoms with Crippen LogP contribution >= 0.6 is 0 Å². The molecule has 1 N–H and O–H groups in total. The Morgan fingerprint density at radius 2 is 1.76 bits per heavy atom. The van der Waals surface area contributed by atoms with Crippen molar-refractivity contribution in [3.8, 4) is 11.8 Å². The number of anilines is 1. The van der Waals surface area contributed by atoms with Gasteiger partial charge >= 0.3 is 0 Å². The molecule has 33 heavy (non-hydrogen) atoms. The average Bonchev–Trinajstić information content (AvgIpc) is 2.77. The number of pyridine rings is 1. The topological polar surface area (TPSA) is 132 Å². The zero-order valence-electron chi connectivity index (χ0n) is 17.6. The molecule has 1 aromatic heterocycles. The third kappa shape index (κ3) is 6.32. The molecule has 0 fully saturated rings. The van der Waals surface area contributed by atoms with E-state index in [-0.39, 0.29) is 17.2 Å². The Morgan fingerprint density at radius 3 is 2.42 bits per heavy atom. The van der Waals surface area contributed by atoms with Crippen LogP contribution in [0.25, 0.3) is 0 Å². The molecule has 0 radical (unpaired) electrons. The van der Waals surface area contributed by atoms with E-state index in [1.165, 1.54) is 62.0 Å². The summed E-state index contributed by atoms with van der Waals surface area (Å²) >= 11 is 0. The first kappa shape index (κ1) is 23.3. The monoisotopic (exact) mass is 462 g/mol. The van der Waals surface area contributed by atoms with Gasteiger partial charge < -0.3 is 5.32 Å². The van der Waals surface area contributed by atoms with Crippen LogP contribution in [0.4, 0.5) is 11.4 Å². The molecule has 9 nitrogen and oxygen atoms in total. The first-order chi connectivity index (χ1) is 15.6. The van der Waals surface area contributed by atoms with Crippen molar-refractivity contribution in [3.63, 3.8) is 0 Å². The summed E-state index contributed by atoms with van der Waals surface area (Å²) in [6.07, 6.45) is 4.09. The van der Waals surface area contributed by atoms with Crippen molar-refractivity contribution in [1.82, 2.24) is 4.98 Å². The van der Waals surface area contributed by atoms with Crippen LogP contribution in [0.15, 0.2) is 76.2 Å². The van der Waals surface area contributed by atoms with Gasteiger partial charge in [-0.15, -0.1) is 0 Å². The van der Waals surface area contributed by atoms with Crippen molar-refractivity contribution in [3.05, 3.63) is 93.8 Å². The third-order valence-corrected chi connectivity index (χ3v) is 5.91. The molecule has 1 heterocycles. The number of carbonyl (C=O) groups is 2. The number of carbonyl (C=O) groups excluding carboxylic acids is 2. The van der Waals surface area contributed by atoms with Crippen LogP contribution < -0.4 is 5.32 Å². The molecule has 10 heteroatoms. The van der Waals surface area contributed by atoms with Crippen LogP contribution in [0.2, 0.25) is 0 Å². The minimum absolute atomic E-state index is 0.0396. The van der Waals surface area contributed by atoms with E-state index < -0.39 is 20.6 Å². The standard InChI is InChI=1S/C23H18N4O5S/c1-16(28)25-20-4-3-5-22(13-20)33(2,32)26-23(29)19-12-18(14-24-15-19)7-6-17-8-10-21(11-9-17)27(30)31/h3-5,8-15H,1-2H3,(H,25,28). The van der Waals surface area contributed by atoms with Gasteiger partial charge in [0.2, 0.25) is 5.91 Å². The van der Waals surface area contributed by atoms with E-state index in [0.717, 1.165) is 0 Å². The summed E-state index contributed by atoms with van der Waals surface area (Å²) in [5, 5.41) is 13.3. The number of aromatic nitrogens is 1. The summed E-state index contributed by atoms with van der Waals surface area (Å²) in [5.41, 5.74) is 1.49. The molecule has 166 valence electrons. The Hall–Kier alpha value is -4.36. The maximum Gasteiger partial charge on any atom is 0.286 e. The van der Waals surface area contributed by atoms with Crippen molar-refractivity contribution in [2.75, 3.05) is 11.6 Å². The lowest BCUT2D eigenvalue weighted by Crippen LogP contribution is -2.08. The molecule has 0 bridgehead atoms. The van der Waals surface area contributed by atoms with Crippen LogP contribution in [-0.4, -0.2) is 32.2 Å². The Morgan fingerprint density at radius 1 is 1.06 bits per heavy atom. The van der Waals surface area contributed by atoms with Crippen molar-refractivity contribution < 1.29 is 18.7 Å². The first-order valence-corrected chi connectivity index (χ1v) is 11.4. The molecule has 0 aliphatic heterocycles. The van der Waals surface area contributed by atoms with Gasteiger partial charge in [0.25, 0.3) is 11.6 Å². The fourth-order valence-corrected chi connectivity index (χ4v) is 3.92. The predicted molar refractivity (Wildman–Crippen MR) is 123 cm³/mol. The molecule has 0 spiro atoms. The number of hydrogen-bond acceptors (Lipinski definition) is 6. The third-order valence-electron chi connectivity index (χ3n) is 4.26. The average molecular weight is 462 g/mol. The van der Waals surface area contributed by atoms with Crippen LogP contribution in [0.3, 0.4) is 0 Å². The predicted octanol–water partition coefficient (Wildman–Crippen LogP) is 3.65. The second-order valence-electron chi connectivity index (χ2n) is 6.92. The number of nitrogens with one attached hydrogen (secondary N) is 1. The van der Waals surface area contributed by atoms with Crippen molar-refractivity contribution in [2.45, 2.75) is 11.8 Å². The molecule has 1 unspecified atom stereocenters. The second kappa shape index (κ2) is 9.84. The molecule has 2 aromatic carbocycles. The molecule has 2 amide bonds. The molecule has 0 saturated heterocycles. The Labute approximate surface area is 190 Å². The van der Waals surface area contributed by atoms with Crippen molar-refractivity contribution in [2.24, 2.45) is 4.36 Å². The van der Waals surface area contributed by atoms with Crippen LogP contribution in [0.5, 0.6) is 0 Å². The number of nitrogens with zero attached hydrogens (tertiary/aromatic N) is 3. The number of non-ortho nitro benzene ring substituents is 1. The Kier molecular flexibility index (Phi) is 6.95. The van der Waals surface area contributed by atoms with Gasteiger partial charge in [-0.2, -0.15) is 4.36 Å². The maximum absolute atomic E-state index is 13.1. The number of hydrogen-bond donors (Lipinski definition) is 1. The van der Waals surface area contributed by atoms with Gasteiger partial charge in [-0.25, -0.2) is 4.21 Å². The van der Waals surface area contributed by atoms with Gasteiger partial charge in [-0.3, -0.25) is 24.7 Å². The van der Waals surface area contributed by atoms with Gasteiger partial charge in [0.15, 0.2) is 0 Å². The van der Waals surface area contributed by atoms with E-state index in [1.807, 2.05) is 0 Å². The van der Waals surface area contributed by atoms with E-state index in [1.54, 1.807) is 18.2 Å². The Balaban J connectivity index is 1.85. The molecule has 0 aliphatic rings. The zero-order valence-corrected chi connectivity index (χ0v) is 18.5. The van der Waals surface area contributed by atoms with E-state index in [4.69, 9.17) is 0 Å². The van der Waals surface area contributed by atoms with Crippen molar-refractivity contribution >= 4 is 32.9 Å². The fraction of sp³-hybridized carbons (Fsp3) is 0.0870. The largest absolute Gasteiger partial charge is 0.326 e. The molecule has 1 atom stereocenters. The quantitative estimate of drug-likeness (QED) is 0.358. The van der Waals surface area contributed by atoms with Crippen LogP contribution in [0, 0.1) is 22.0 Å². The summed E-state index contributed by atoms with van der Waals surface area (Å²) in [7, 11) is -3.09. The zero-order chi connectivity index (χ0) is 24.0. The van der Waals surface area contributed by atoms with E-state index in [0.29, 0.717) is 21.7 Å². The summed E-state index contributed by atoms with van der Waals surface area (Å²) < 4.78 is 17.0. The highest BCUT2D eigenvalue weighted by atomic mass is 32.2. The summed E-state index contributed by atoms with van der Waals surface area (Å²) in [6, 6.07) is 13.5. The van der Waals surface area contributed by atoms with E-state index in [2.05, 4.69) is 26.5 Å². The van der Waals surface area contributed by atoms with Gasteiger partial charge in [0.1, 0.15) is 0 Å². The lowest BCUT2D eigenvalue weighted by atomic mass is 10.1. The van der Waals surface area contributed by atoms with Crippen LogP contribution in [-0.2, 0) is 14.5 Å². The smallest absolute Gasteiger partial charge is 0.286 e. The normalized spacial score (nSPS) is 11.9. The highest BCUT2D eigenvalue weighted by Crippen LogP contribution is 2.18. The second-order valence-corrected chi connectivity index (χ2v) is 9.18. The lowest BCUT2D eigenvalue weighted by Gasteiger charge is -2.07. The minimum Gasteiger partial charge on any atom is -0.326 e. The number of rotatable bonds is 4. The molecule has 0 saturated carbocycles. The fourth-order valence-electron chi connectivity index (χ4n) is 2.71. The molecule has 3 rings (SSSR count). The van der Waals surface area contributed by atoms with Crippen molar-refractivity contribution in [1.29, 1.82) is 0 Å². The number of amides is 2. The first-order valence-electron chi connectivity index (χ1n) is 9.50. The lowest BCUT2D eigenvalue weighted by molar-refractivity contribution is -0.384. The van der Waals surface area contributed by atoms with Gasteiger partial charge in [-0.1, -0.05) is 17.9 Å². The van der Waals surface area contributed by atoms with Gasteiger partial charge in [0.05, 0.1) is 20.2 Å². The highest BCUT2D eigenvalue weighted by molar-refractivity contribution is 7.93. The number of nitro benzene ring substituents is 1. The SMILES string of the molecule is CC(=O)Nc1cccc(S(C)(=O)=NC(=O)c2cncc(C#Cc3ccc([N+](=O)[O-])cc3)c2)c1. The molecule has 0 aliphatic carbocycles. The summed E-state index contributed by atoms with van der Waals surface area (Å²) in [6.45, 7) is 1.36. The Bertz CT molecular complexity index is 1430.